The minimum absolute atomic E-state index is 0.246. The molecule has 1 unspecified atom stereocenters. The lowest BCUT2D eigenvalue weighted by Gasteiger charge is -2.18. The van der Waals surface area contributed by atoms with Gasteiger partial charge in [-0.15, -0.1) is 0 Å². The second kappa shape index (κ2) is 6.43. The predicted molar refractivity (Wildman–Crippen MR) is 74.9 cm³/mol. The van der Waals surface area contributed by atoms with Gasteiger partial charge in [0.25, 0.3) is 0 Å². The molecule has 1 atom stereocenters. The van der Waals surface area contributed by atoms with E-state index in [9.17, 15) is 18.7 Å². The number of carbonyl (C=O) groups excluding carboxylic acids is 1. The van der Waals surface area contributed by atoms with E-state index in [0.717, 1.165) is 24.4 Å². The van der Waals surface area contributed by atoms with Crippen LogP contribution in [0.15, 0.2) is 24.4 Å². The first-order valence-electron chi connectivity index (χ1n) is 5.76. The van der Waals surface area contributed by atoms with Crippen LogP contribution in [0.25, 0.3) is 0 Å². The Morgan fingerprint density at radius 1 is 1.27 bits per heavy atom. The Balaban J connectivity index is 2.64. The van der Waals surface area contributed by atoms with Crippen LogP contribution in [0.1, 0.15) is 17.2 Å². The zero-order chi connectivity index (χ0) is 16.4. The van der Waals surface area contributed by atoms with Crippen LogP contribution in [-0.4, -0.2) is 16.2 Å². The second-order valence-electron chi connectivity index (χ2n) is 4.10. The molecule has 0 aliphatic rings. The molecule has 2 rings (SSSR count). The normalized spacial score (nSPS) is 12.0. The third-order valence-electron chi connectivity index (χ3n) is 2.74. The van der Waals surface area contributed by atoms with E-state index in [1.165, 1.54) is 0 Å². The highest BCUT2D eigenvalue weighted by Crippen LogP contribution is 2.39. The van der Waals surface area contributed by atoms with Gasteiger partial charge < -0.3 is 15.6 Å². The number of pyridine rings is 1. The highest BCUT2D eigenvalue weighted by atomic mass is 35.5. The van der Waals surface area contributed by atoms with E-state index in [1.54, 1.807) is 0 Å². The van der Waals surface area contributed by atoms with Gasteiger partial charge in [0.15, 0.2) is 5.75 Å². The summed E-state index contributed by atoms with van der Waals surface area (Å²) < 4.78 is 32.2. The summed E-state index contributed by atoms with van der Waals surface area (Å²) in [4.78, 5) is 14.5. The van der Waals surface area contributed by atoms with Crippen molar-refractivity contribution in [3.8, 4) is 5.75 Å². The number of rotatable bonds is 3. The lowest BCUT2D eigenvalue weighted by atomic mass is 10.0. The van der Waals surface area contributed by atoms with E-state index >= 15 is 0 Å². The summed E-state index contributed by atoms with van der Waals surface area (Å²) >= 11 is 11.6. The number of benzene rings is 1. The summed E-state index contributed by atoms with van der Waals surface area (Å²) in [6.07, 6.45) is -2.15. The highest BCUT2D eigenvalue weighted by molar-refractivity contribution is 6.41. The fraction of sp³-hybridized carbons (Fsp3) is 0.0769. The molecule has 1 aromatic heterocycles. The van der Waals surface area contributed by atoms with Crippen molar-refractivity contribution in [3.05, 3.63) is 57.3 Å². The lowest BCUT2D eigenvalue weighted by Crippen LogP contribution is -2.19. The molecule has 3 N–H and O–H groups in total. The average molecular weight is 349 g/mol. The van der Waals surface area contributed by atoms with Gasteiger partial charge in [0.2, 0.25) is 0 Å². The first-order chi connectivity index (χ1) is 10.3. The quantitative estimate of drug-likeness (QED) is 0.834. The van der Waals surface area contributed by atoms with Crippen LogP contribution in [0, 0.1) is 11.6 Å². The first-order valence-corrected chi connectivity index (χ1v) is 6.51. The van der Waals surface area contributed by atoms with Gasteiger partial charge in [-0.05, 0) is 12.1 Å². The number of halogens is 4. The number of amides is 1. The Morgan fingerprint density at radius 3 is 2.41 bits per heavy atom. The van der Waals surface area contributed by atoms with Crippen molar-refractivity contribution in [2.24, 2.45) is 5.73 Å². The van der Waals surface area contributed by atoms with Crippen LogP contribution in [0.5, 0.6) is 5.75 Å². The van der Waals surface area contributed by atoms with Crippen molar-refractivity contribution < 1.29 is 23.4 Å². The van der Waals surface area contributed by atoms with Crippen molar-refractivity contribution in [2.45, 2.75) is 6.10 Å². The summed E-state index contributed by atoms with van der Waals surface area (Å²) in [5.74, 6) is -2.39. The Morgan fingerprint density at radius 2 is 1.86 bits per heavy atom. The number of aliphatic hydroxyl groups is 1. The Kier molecular flexibility index (Phi) is 4.80. The topological polar surface area (TPSA) is 85.4 Å². The van der Waals surface area contributed by atoms with Crippen LogP contribution >= 0.6 is 23.2 Å². The van der Waals surface area contributed by atoms with E-state index in [1.807, 2.05) is 0 Å². The maximum Gasteiger partial charge on any atom is 0.410 e. The SMILES string of the molecule is NC(=O)Oc1cnc(Cl)c(Cl)c1C(O)c1c(F)cccc1F. The number of aliphatic hydroxyl groups excluding tert-OH is 1. The van der Waals surface area contributed by atoms with Gasteiger partial charge in [0.1, 0.15) is 22.9 Å². The zero-order valence-corrected chi connectivity index (χ0v) is 12.2. The summed E-state index contributed by atoms with van der Waals surface area (Å²) in [6, 6.07) is 3.03. The maximum absolute atomic E-state index is 13.8. The Labute approximate surface area is 133 Å². The number of hydrogen-bond acceptors (Lipinski definition) is 4. The fourth-order valence-electron chi connectivity index (χ4n) is 1.82. The monoisotopic (exact) mass is 348 g/mol. The molecule has 9 heteroatoms. The molecule has 0 fully saturated rings. The van der Waals surface area contributed by atoms with Crippen LogP contribution in [0.2, 0.25) is 10.2 Å². The third kappa shape index (κ3) is 3.11. The van der Waals surface area contributed by atoms with Crippen molar-refractivity contribution in [3.63, 3.8) is 0 Å². The van der Waals surface area contributed by atoms with Crippen molar-refractivity contribution in [1.82, 2.24) is 4.98 Å². The molecule has 1 aromatic carbocycles. The van der Waals surface area contributed by atoms with Crippen molar-refractivity contribution >= 4 is 29.3 Å². The number of nitrogens with two attached hydrogens (primary N) is 1. The minimum atomic E-state index is -1.89. The van der Waals surface area contributed by atoms with Crippen LogP contribution in [0.4, 0.5) is 13.6 Å². The van der Waals surface area contributed by atoms with Gasteiger partial charge in [-0.3, -0.25) is 0 Å². The van der Waals surface area contributed by atoms with Gasteiger partial charge >= 0.3 is 6.09 Å². The molecule has 0 radical (unpaired) electrons. The van der Waals surface area contributed by atoms with Gasteiger partial charge in [0.05, 0.1) is 22.3 Å². The van der Waals surface area contributed by atoms with Gasteiger partial charge in [-0.25, -0.2) is 18.6 Å². The fourth-order valence-corrected chi connectivity index (χ4v) is 2.22. The van der Waals surface area contributed by atoms with E-state index in [4.69, 9.17) is 28.9 Å². The highest BCUT2D eigenvalue weighted by Gasteiger charge is 2.27. The second-order valence-corrected chi connectivity index (χ2v) is 4.84. The summed E-state index contributed by atoms with van der Waals surface area (Å²) in [6.45, 7) is 0. The number of nitrogens with zero attached hydrogens (tertiary/aromatic N) is 1. The maximum atomic E-state index is 13.8. The molecule has 1 amide bonds. The third-order valence-corrected chi connectivity index (χ3v) is 3.50. The average Bonchev–Trinajstić information content (AvgIpc) is 2.42. The zero-order valence-electron chi connectivity index (χ0n) is 10.7. The van der Waals surface area contributed by atoms with E-state index in [0.29, 0.717) is 0 Å². The molecule has 0 saturated heterocycles. The van der Waals surface area contributed by atoms with E-state index < -0.39 is 29.4 Å². The number of primary amides is 1. The number of ether oxygens (including phenoxy) is 1. The van der Waals surface area contributed by atoms with E-state index in [-0.39, 0.29) is 21.5 Å². The Hall–Kier alpha value is -1.96. The molecule has 5 nitrogen and oxygen atoms in total. The molecule has 1 heterocycles. The lowest BCUT2D eigenvalue weighted by molar-refractivity contribution is 0.195. The van der Waals surface area contributed by atoms with Crippen molar-refractivity contribution in [1.29, 1.82) is 0 Å². The van der Waals surface area contributed by atoms with Crippen molar-refractivity contribution in [2.75, 3.05) is 0 Å². The minimum Gasteiger partial charge on any atom is -0.408 e. The largest absolute Gasteiger partial charge is 0.410 e. The van der Waals surface area contributed by atoms with Gasteiger partial charge in [-0.1, -0.05) is 29.3 Å². The first kappa shape index (κ1) is 16.4. The van der Waals surface area contributed by atoms with Crippen LogP contribution < -0.4 is 10.5 Å². The molecule has 116 valence electrons. The van der Waals surface area contributed by atoms with Gasteiger partial charge in [-0.2, -0.15) is 0 Å². The molecule has 0 spiro atoms. The molecule has 0 aliphatic heterocycles. The van der Waals surface area contributed by atoms with Crippen LogP contribution in [-0.2, 0) is 0 Å². The molecule has 0 aliphatic carbocycles. The number of hydrogen-bond donors (Lipinski definition) is 2. The number of carbonyl (C=O) groups is 1. The summed E-state index contributed by atoms with van der Waals surface area (Å²) in [5.41, 5.74) is 3.88. The molecule has 0 saturated carbocycles. The molecule has 0 bridgehead atoms. The molecular formula is C13H8Cl2F2N2O3. The molecule has 22 heavy (non-hydrogen) atoms. The molecule has 2 aromatic rings. The van der Waals surface area contributed by atoms with Gasteiger partial charge in [0, 0.05) is 0 Å². The smallest absolute Gasteiger partial charge is 0.408 e. The standard InChI is InChI=1S/C13H8Cl2F2N2O3/c14-10-9(7(22-13(18)21)4-19-12(10)15)11(20)8-5(16)2-1-3-6(8)17/h1-4,11,20H,(H2,18,21). The number of aromatic nitrogens is 1. The van der Waals surface area contributed by atoms with Crippen LogP contribution in [0.3, 0.4) is 0 Å². The molecular weight excluding hydrogens is 341 g/mol. The predicted octanol–water partition coefficient (Wildman–Crippen LogP) is 3.21. The summed E-state index contributed by atoms with van der Waals surface area (Å²) in [7, 11) is 0. The van der Waals surface area contributed by atoms with E-state index in [2.05, 4.69) is 9.72 Å². The summed E-state index contributed by atoms with van der Waals surface area (Å²) in [5, 5.41) is 9.70. The Bertz CT molecular complexity index is 723.